The largest absolute Gasteiger partial charge is 0.493 e. The fourth-order valence-electron chi connectivity index (χ4n) is 3.16. The number of aromatic amines is 1. The summed E-state index contributed by atoms with van der Waals surface area (Å²) in [5.74, 6) is 0.587. The van der Waals surface area contributed by atoms with Crippen LogP contribution in [-0.2, 0) is 10.0 Å². The van der Waals surface area contributed by atoms with Crippen molar-refractivity contribution in [2.75, 3.05) is 36.7 Å². The minimum Gasteiger partial charge on any atom is -0.493 e. The Balaban J connectivity index is 1.50. The van der Waals surface area contributed by atoms with Crippen molar-refractivity contribution in [3.05, 3.63) is 60.9 Å². The van der Waals surface area contributed by atoms with E-state index in [1.807, 2.05) is 0 Å². The summed E-state index contributed by atoms with van der Waals surface area (Å²) in [6.07, 6.45) is 3.55. The molecule has 0 aliphatic heterocycles. The van der Waals surface area contributed by atoms with Crippen molar-refractivity contribution >= 4 is 38.9 Å². The van der Waals surface area contributed by atoms with Crippen LogP contribution >= 0.6 is 0 Å². The first kappa shape index (κ1) is 24.5. The highest BCUT2D eigenvalue weighted by molar-refractivity contribution is 7.92. The molecule has 2 aromatic carbocycles. The molecule has 0 saturated heterocycles. The molecule has 4 N–H and O–H groups in total. The van der Waals surface area contributed by atoms with Gasteiger partial charge in [0.2, 0.25) is 11.7 Å². The van der Waals surface area contributed by atoms with E-state index >= 15 is 0 Å². The number of hydrogen-bond acceptors (Lipinski definition) is 10. The second kappa shape index (κ2) is 10.4. The molecule has 4 rings (SSSR count). The van der Waals surface area contributed by atoms with E-state index in [4.69, 9.17) is 14.2 Å². The lowest BCUT2D eigenvalue weighted by Crippen LogP contribution is -2.13. The van der Waals surface area contributed by atoms with E-state index in [1.54, 1.807) is 24.3 Å². The van der Waals surface area contributed by atoms with Crippen LogP contribution in [0.4, 0.5) is 33.2 Å². The smallest absolute Gasteiger partial charge is 0.280 e. The summed E-state index contributed by atoms with van der Waals surface area (Å²) in [4.78, 5) is 14.5. The lowest BCUT2D eigenvalue weighted by Gasteiger charge is -2.15. The maximum absolute atomic E-state index is 14.4. The fraction of sp³-hybridized carbons (Fsp3) is 0.136. The van der Waals surface area contributed by atoms with Crippen LogP contribution in [0.2, 0.25) is 0 Å². The molecule has 2 heterocycles. The molecule has 0 atom stereocenters. The molecule has 0 saturated carbocycles. The average molecular weight is 516 g/mol. The molecule has 0 amide bonds. The van der Waals surface area contributed by atoms with Crippen molar-refractivity contribution in [1.29, 1.82) is 0 Å². The van der Waals surface area contributed by atoms with E-state index in [-0.39, 0.29) is 16.8 Å². The summed E-state index contributed by atoms with van der Waals surface area (Å²) in [7, 11) is 0.651. The molecule has 0 radical (unpaired) electrons. The first-order chi connectivity index (χ1) is 17.3. The third kappa shape index (κ3) is 5.38. The molecule has 0 bridgehead atoms. The normalized spacial score (nSPS) is 11.0. The summed E-state index contributed by atoms with van der Waals surface area (Å²) < 4.78 is 57.4. The third-order valence-corrected chi connectivity index (χ3v) is 6.09. The molecular formula is C22H22FN7O5S. The first-order valence-electron chi connectivity index (χ1n) is 10.3. The molecule has 0 fully saturated rings. The molecule has 36 heavy (non-hydrogen) atoms. The second-order valence-corrected chi connectivity index (χ2v) is 8.77. The Bertz CT molecular complexity index is 1420. The summed E-state index contributed by atoms with van der Waals surface area (Å²) in [6.45, 7) is 0. The number of anilines is 5. The molecule has 0 spiro atoms. The number of nitrogens with zero attached hydrogens (tertiary/aromatic N) is 3. The van der Waals surface area contributed by atoms with Gasteiger partial charge in [-0.25, -0.2) is 14.4 Å². The number of H-pyrrole nitrogens is 1. The molecule has 188 valence electrons. The van der Waals surface area contributed by atoms with Gasteiger partial charge in [-0.1, -0.05) is 0 Å². The highest BCUT2D eigenvalue weighted by Gasteiger charge is 2.17. The van der Waals surface area contributed by atoms with Crippen molar-refractivity contribution < 1.29 is 27.0 Å². The predicted molar refractivity (Wildman–Crippen MR) is 130 cm³/mol. The van der Waals surface area contributed by atoms with Crippen LogP contribution in [0.5, 0.6) is 17.2 Å². The topological polar surface area (TPSA) is 152 Å². The Kier molecular flexibility index (Phi) is 7.05. The van der Waals surface area contributed by atoms with Gasteiger partial charge in [0, 0.05) is 35.4 Å². The molecule has 0 aliphatic rings. The number of sulfonamides is 1. The van der Waals surface area contributed by atoms with Gasteiger partial charge >= 0.3 is 0 Å². The Labute approximate surface area is 205 Å². The maximum atomic E-state index is 14.4. The average Bonchev–Trinajstić information content (AvgIpc) is 3.43. The number of ether oxygens (including phenoxy) is 3. The van der Waals surface area contributed by atoms with E-state index in [2.05, 4.69) is 35.3 Å². The van der Waals surface area contributed by atoms with E-state index in [0.29, 0.717) is 34.3 Å². The van der Waals surface area contributed by atoms with Crippen molar-refractivity contribution in [2.45, 2.75) is 5.03 Å². The number of rotatable bonds is 10. The van der Waals surface area contributed by atoms with Gasteiger partial charge in [-0.15, -0.1) is 0 Å². The zero-order valence-corrected chi connectivity index (χ0v) is 20.2. The van der Waals surface area contributed by atoms with Gasteiger partial charge in [-0.05, 0) is 24.3 Å². The van der Waals surface area contributed by atoms with Gasteiger partial charge in [0.1, 0.15) is 0 Å². The highest BCUT2D eigenvalue weighted by atomic mass is 32.2. The summed E-state index contributed by atoms with van der Waals surface area (Å²) in [5, 5.41) is 5.69. The third-order valence-electron chi connectivity index (χ3n) is 4.81. The predicted octanol–water partition coefficient (Wildman–Crippen LogP) is 3.65. The summed E-state index contributed by atoms with van der Waals surface area (Å²) in [6, 6.07) is 9.47. The van der Waals surface area contributed by atoms with Crippen LogP contribution in [0, 0.1) is 5.82 Å². The van der Waals surface area contributed by atoms with Gasteiger partial charge in [0.15, 0.2) is 28.2 Å². The van der Waals surface area contributed by atoms with Gasteiger partial charge in [-0.3, -0.25) is 4.72 Å². The van der Waals surface area contributed by atoms with Crippen LogP contribution in [0.25, 0.3) is 0 Å². The lowest BCUT2D eigenvalue weighted by atomic mass is 10.2. The quantitative estimate of drug-likeness (QED) is 0.246. The number of aromatic nitrogens is 4. The summed E-state index contributed by atoms with van der Waals surface area (Å²) in [5.41, 5.74) is 1.29. The minimum atomic E-state index is -3.83. The monoisotopic (exact) mass is 515 g/mol. The SMILES string of the molecule is COc1cc(Nc2ncc(F)c(Nc3ccc(NS(=O)(=O)c4c[nH]cn4)cc3)n2)cc(OC)c1OC. The number of imidazole rings is 1. The Morgan fingerprint density at radius 2 is 1.56 bits per heavy atom. The lowest BCUT2D eigenvalue weighted by molar-refractivity contribution is 0.324. The molecule has 14 heteroatoms. The van der Waals surface area contributed by atoms with E-state index in [9.17, 15) is 12.8 Å². The van der Waals surface area contributed by atoms with Crippen molar-refractivity contribution in [3.8, 4) is 17.2 Å². The molecule has 4 aromatic rings. The van der Waals surface area contributed by atoms with E-state index in [0.717, 1.165) is 6.20 Å². The van der Waals surface area contributed by atoms with Crippen LogP contribution in [0.1, 0.15) is 0 Å². The molecule has 0 unspecified atom stereocenters. The molecule has 12 nitrogen and oxygen atoms in total. The highest BCUT2D eigenvalue weighted by Crippen LogP contribution is 2.40. The Hall–Kier alpha value is -4.59. The molecule has 2 aromatic heterocycles. The van der Waals surface area contributed by atoms with Crippen LogP contribution in [-0.4, -0.2) is 49.7 Å². The summed E-state index contributed by atoms with van der Waals surface area (Å²) >= 11 is 0. The van der Waals surface area contributed by atoms with Gasteiger partial charge in [0.05, 0.1) is 33.9 Å². The van der Waals surface area contributed by atoms with E-state index < -0.39 is 15.8 Å². The zero-order valence-electron chi connectivity index (χ0n) is 19.4. The van der Waals surface area contributed by atoms with Crippen molar-refractivity contribution in [2.24, 2.45) is 0 Å². The Morgan fingerprint density at radius 3 is 2.14 bits per heavy atom. The maximum Gasteiger partial charge on any atom is 0.280 e. The molecular weight excluding hydrogens is 493 g/mol. The van der Waals surface area contributed by atoms with Gasteiger partial charge < -0.3 is 29.8 Å². The second-order valence-electron chi connectivity index (χ2n) is 7.14. The van der Waals surface area contributed by atoms with Gasteiger partial charge in [0.25, 0.3) is 10.0 Å². The van der Waals surface area contributed by atoms with Crippen LogP contribution < -0.4 is 29.6 Å². The van der Waals surface area contributed by atoms with Crippen molar-refractivity contribution in [3.63, 3.8) is 0 Å². The number of benzene rings is 2. The Morgan fingerprint density at radius 1 is 0.889 bits per heavy atom. The minimum absolute atomic E-state index is 0.0928. The number of halogens is 1. The van der Waals surface area contributed by atoms with Crippen LogP contribution in [0.3, 0.4) is 0 Å². The number of methoxy groups -OCH3 is 3. The van der Waals surface area contributed by atoms with E-state index in [1.165, 1.54) is 46.0 Å². The number of nitrogens with one attached hydrogen (secondary N) is 4. The number of hydrogen-bond donors (Lipinski definition) is 4. The standard InChI is InChI=1S/C22H22FN7O5S/c1-33-17-8-15(9-18(34-2)20(17)35-3)28-22-25-10-16(23)21(29-22)27-13-4-6-14(7-5-13)30-36(31,32)19-11-24-12-26-19/h4-12,30H,1-3H3,(H,24,26)(H2,25,27,28,29). The van der Waals surface area contributed by atoms with Crippen LogP contribution in [0.15, 0.2) is 60.1 Å². The van der Waals surface area contributed by atoms with Crippen molar-refractivity contribution in [1.82, 2.24) is 19.9 Å². The fourth-order valence-corrected chi connectivity index (χ4v) is 4.12. The zero-order chi connectivity index (χ0) is 25.7. The first-order valence-corrected chi connectivity index (χ1v) is 11.8. The molecule has 0 aliphatic carbocycles. The van der Waals surface area contributed by atoms with Gasteiger partial charge in [-0.2, -0.15) is 13.4 Å².